The molecule has 96 valence electrons. The van der Waals surface area contributed by atoms with E-state index in [1.807, 2.05) is 6.92 Å². The van der Waals surface area contributed by atoms with Crippen LogP contribution in [0.1, 0.15) is 56.1 Å². The average molecular weight is 236 g/mol. The zero-order chi connectivity index (χ0) is 12.6. The lowest BCUT2D eigenvalue weighted by molar-refractivity contribution is 0.198. The van der Waals surface area contributed by atoms with Crippen LogP contribution in [0.2, 0.25) is 0 Å². The van der Waals surface area contributed by atoms with Crippen LogP contribution in [0.15, 0.2) is 0 Å². The molecule has 0 bridgehead atoms. The molecular formula is C14H24N2O. The third kappa shape index (κ3) is 2.25. The van der Waals surface area contributed by atoms with Gasteiger partial charge in [0.2, 0.25) is 0 Å². The van der Waals surface area contributed by atoms with Crippen LogP contribution in [0.3, 0.4) is 0 Å². The average Bonchev–Trinajstić information content (AvgIpc) is 2.58. The minimum absolute atomic E-state index is 0.107. The van der Waals surface area contributed by atoms with Crippen molar-refractivity contribution in [1.29, 1.82) is 0 Å². The number of aryl methyl sites for hydroxylation is 1. The van der Waals surface area contributed by atoms with Gasteiger partial charge in [0.25, 0.3) is 0 Å². The summed E-state index contributed by atoms with van der Waals surface area (Å²) in [4.78, 5) is 0. The first-order valence-corrected chi connectivity index (χ1v) is 6.70. The maximum atomic E-state index is 9.35. The molecule has 17 heavy (non-hydrogen) atoms. The minimum Gasteiger partial charge on any atom is -0.392 e. The van der Waals surface area contributed by atoms with Gasteiger partial charge in [0.1, 0.15) is 0 Å². The van der Waals surface area contributed by atoms with Crippen molar-refractivity contribution in [3.63, 3.8) is 0 Å². The molecule has 0 spiro atoms. The number of aliphatic hydroxyl groups excluding tert-OH is 1. The number of hydrogen-bond donors (Lipinski definition) is 1. The number of aliphatic hydroxyl groups is 1. The fraction of sp³-hybridized carbons (Fsp3) is 0.786. The summed E-state index contributed by atoms with van der Waals surface area (Å²) in [5.41, 5.74) is 3.14. The van der Waals surface area contributed by atoms with Crippen molar-refractivity contribution in [2.75, 3.05) is 0 Å². The summed E-state index contributed by atoms with van der Waals surface area (Å²) in [7, 11) is 0. The van der Waals surface area contributed by atoms with Crippen molar-refractivity contribution in [3.05, 3.63) is 17.0 Å². The molecule has 0 saturated heterocycles. The molecule has 1 aliphatic rings. The van der Waals surface area contributed by atoms with Gasteiger partial charge in [-0.05, 0) is 44.9 Å². The van der Waals surface area contributed by atoms with E-state index in [1.165, 1.54) is 19.3 Å². The van der Waals surface area contributed by atoms with E-state index in [2.05, 4.69) is 30.6 Å². The molecule has 0 aromatic carbocycles. The second-order valence-electron chi connectivity index (χ2n) is 5.67. The van der Waals surface area contributed by atoms with Crippen molar-refractivity contribution in [1.82, 2.24) is 9.78 Å². The van der Waals surface area contributed by atoms with Gasteiger partial charge in [-0.1, -0.05) is 13.8 Å². The number of hydrogen-bond acceptors (Lipinski definition) is 2. The molecule has 1 saturated carbocycles. The van der Waals surface area contributed by atoms with Gasteiger partial charge in [-0.2, -0.15) is 5.10 Å². The normalized spacial score (nSPS) is 29.6. The SMILES string of the molecule is Cc1nn(C2CCC(C)C(C)C2)c(C)c1CO. The fourth-order valence-corrected chi connectivity index (χ4v) is 3.02. The highest BCUT2D eigenvalue weighted by atomic mass is 16.3. The van der Waals surface area contributed by atoms with E-state index in [0.717, 1.165) is 28.8 Å². The van der Waals surface area contributed by atoms with Gasteiger partial charge < -0.3 is 5.11 Å². The summed E-state index contributed by atoms with van der Waals surface area (Å²) in [5.74, 6) is 1.61. The van der Waals surface area contributed by atoms with E-state index in [4.69, 9.17) is 0 Å². The van der Waals surface area contributed by atoms with E-state index in [-0.39, 0.29) is 6.61 Å². The Hall–Kier alpha value is -0.830. The monoisotopic (exact) mass is 236 g/mol. The third-order valence-corrected chi connectivity index (χ3v) is 4.55. The van der Waals surface area contributed by atoms with Gasteiger partial charge in [0, 0.05) is 11.3 Å². The molecule has 0 radical (unpaired) electrons. The van der Waals surface area contributed by atoms with E-state index in [9.17, 15) is 5.11 Å². The molecule has 3 unspecified atom stereocenters. The zero-order valence-corrected chi connectivity index (χ0v) is 11.4. The molecule has 0 amide bonds. The minimum atomic E-state index is 0.107. The Morgan fingerprint density at radius 3 is 2.47 bits per heavy atom. The van der Waals surface area contributed by atoms with Crippen LogP contribution in [0, 0.1) is 25.7 Å². The Balaban J connectivity index is 2.23. The summed E-state index contributed by atoms with van der Waals surface area (Å²) in [6, 6.07) is 0.528. The van der Waals surface area contributed by atoms with Crippen LogP contribution in [-0.4, -0.2) is 14.9 Å². The van der Waals surface area contributed by atoms with Gasteiger partial charge >= 0.3 is 0 Å². The van der Waals surface area contributed by atoms with Crippen molar-refractivity contribution >= 4 is 0 Å². The lowest BCUT2D eigenvalue weighted by atomic mass is 9.79. The molecule has 1 N–H and O–H groups in total. The second kappa shape index (κ2) is 4.81. The number of rotatable bonds is 2. The van der Waals surface area contributed by atoms with Crippen molar-refractivity contribution in [2.45, 2.75) is 59.6 Å². The highest BCUT2D eigenvalue weighted by molar-refractivity contribution is 5.24. The molecule has 1 aromatic heterocycles. The molecule has 3 atom stereocenters. The van der Waals surface area contributed by atoms with E-state index in [0.29, 0.717) is 6.04 Å². The largest absolute Gasteiger partial charge is 0.392 e. The van der Waals surface area contributed by atoms with Gasteiger partial charge in [0.15, 0.2) is 0 Å². The molecular weight excluding hydrogens is 212 g/mol. The highest BCUT2D eigenvalue weighted by Crippen LogP contribution is 2.37. The van der Waals surface area contributed by atoms with Gasteiger partial charge in [-0.25, -0.2) is 0 Å². The molecule has 0 aliphatic heterocycles. The Bertz CT molecular complexity index is 397. The first-order chi connectivity index (χ1) is 8.04. The van der Waals surface area contributed by atoms with Crippen LogP contribution >= 0.6 is 0 Å². The molecule has 1 fully saturated rings. The summed E-state index contributed by atoms with van der Waals surface area (Å²) < 4.78 is 2.16. The molecule has 2 rings (SSSR count). The van der Waals surface area contributed by atoms with E-state index >= 15 is 0 Å². The molecule has 1 aliphatic carbocycles. The Morgan fingerprint density at radius 1 is 1.24 bits per heavy atom. The van der Waals surface area contributed by atoms with E-state index < -0.39 is 0 Å². The van der Waals surface area contributed by atoms with Crippen molar-refractivity contribution in [3.8, 4) is 0 Å². The summed E-state index contributed by atoms with van der Waals surface area (Å²) in [6.07, 6.45) is 3.73. The standard InChI is InChI=1S/C14H24N2O/c1-9-5-6-13(7-10(9)2)16-12(4)14(8-17)11(3)15-16/h9-10,13,17H,5-8H2,1-4H3. The van der Waals surface area contributed by atoms with Crippen LogP contribution in [0.4, 0.5) is 0 Å². The summed E-state index contributed by atoms with van der Waals surface area (Å²) >= 11 is 0. The van der Waals surface area contributed by atoms with Gasteiger partial charge in [-0.3, -0.25) is 4.68 Å². The third-order valence-electron chi connectivity index (χ3n) is 4.55. The predicted molar refractivity (Wildman–Crippen MR) is 68.8 cm³/mol. The summed E-state index contributed by atoms with van der Waals surface area (Å²) in [6.45, 7) is 8.87. The smallest absolute Gasteiger partial charge is 0.0718 e. The van der Waals surface area contributed by atoms with E-state index in [1.54, 1.807) is 0 Å². The number of aromatic nitrogens is 2. The van der Waals surface area contributed by atoms with Gasteiger partial charge in [0.05, 0.1) is 18.3 Å². The van der Waals surface area contributed by atoms with Gasteiger partial charge in [-0.15, -0.1) is 0 Å². The Morgan fingerprint density at radius 2 is 1.94 bits per heavy atom. The lowest BCUT2D eigenvalue weighted by Gasteiger charge is -2.32. The lowest BCUT2D eigenvalue weighted by Crippen LogP contribution is -2.24. The molecule has 3 heteroatoms. The molecule has 1 heterocycles. The quantitative estimate of drug-likeness (QED) is 0.857. The maximum Gasteiger partial charge on any atom is 0.0718 e. The van der Waals surface area contributed by atoms with Crippen LogP contribution in [-0.2, 0) is 6.61 Å². The predicted octanol–water partition coefficient (Wildman–Crippen LogP) is 2.99. The number of nitrogens with zero attached hydrogens (tertiary/aromatic N) is 2. The zero-order valence-electron chi connectivity index (χ0n) is 11.4. The first-order valence-electron chi connectivity index (χ1n) is 6.70. The van der Waals surface area contributed by atoms with Crippen molar-refractivity contribution < 1.29 is 5.11 Å². The maximum absolute atomic E-state index is 9.35. The first kappa shape index (κ1) is 12.6. The molecule has 1 aromatic rings. The molecule has 3 nitrogen and oxygen atoms in total. The topological polar surface area (TPSA) is 38.0 Å². The van der Waals surface area contributed by atoms with Crippen LogP contribution in [0.5, 0.6) is 0 Å². The van der Waals surface area contributed by atoms with Crippen molar-refractivity contribution in [2.24, 2.45) is 11.8 Å². The second-order valence-corrected chi connectivity index (χ2v) is 5.67. The highest BCUT2D eigenvalue weighted by Gasteiger charge is 2.27. The fourth-order valence-electron chi connectivity index (χ4n) is 3.02. The Kier molecular flexibility index (Phi) is 3.57. The van der Waals surface area contributed by atoms with Crippen LogP contribution in [0.25, 0.3) is 0 Å². The Labute approximate surface area is 104 Å². The van der Waals surface area contributed by atoms with Crippen LogP contribution < -0.4 is 0 Å². The summed E-state index contributed by atoms with van der Waals surface area (Å²) in [5, 5.41) is 14.0.